The minimum Gasteiger partial charge on any atom is -0.439 e. The lowest BCUT2D eigenvalue weighted by Crippen LogP contribution is -2.02. The van der Waals surface area contributed by atoms with Crippen LogP contribution in [-0.2, 0) is 0 Å². The number of aromatic nitrogens is 1. The zero-order valence-electron chi connectivity index (χ0n) is 10.2. The predicted molar refractivity (Wildman–Crippen MR) is 74.5 cm³/mol. The Hall–Kier alpha value is -1.74. The number of benzene rings is 1. The molecule has 0 aliphatic rings. The number of halogens is 1. The van der Waals surface area contributed by atoms with Gasteiger partial charge in [0.1, 0.15) is 11.6 Å². The molecule has 0 unspecified atom stereocenters. The van der Waals surface area contributed by atoms with Crippen LogP contribution in [0.15, 0.2) is 42.5 Å². The number of pyridine rings is 1. The summed E-state index contributed by atoms with van der Waals surface area (Å²) in [6, 6.07) is 12.9. The van der Waals surface area contributed by atoms with Gasteiger partial charge in [0.2, 0.25) is 5.88 Å². The highest BCUT2D eigenvalue weighted by atomic mass is 35.5. The fraction of sp³-hybridized carbons (Fsp3) is 0.214. The monoisotopic (exact) mass is 262 g/mol. The molecule has 0 saturated heterocycles. The maximum atomic E-state index is 5.90. The smallest absolute Gasteiger partial charge is 0.221 e. The predicted octanol–water partition coefficient (Wildman–Crippen LogP) is 4.35. The average Bonchev–Trinajstić information content (AvgIpc) is 2.37. The summed E-state index contributed by atoms with van der Waals surface area (Å²) in [4.78, 5) is 4.36. The Labute approximate surface area is 112 Å². The van der Waals surface area contributed by atoms with E-state index >= 15 is 0 Å². The van der Waals surface area contributed by atoms with Crippen LogP contribution in [0.1, 0.15) is 13.3 Å². The summed E-state index contributed by atoms with van der Waals surface area (Å²) in [5, 5.41) is 3.86. The molecule has 1 aromatic heterocycles. The number of rotatable bonds is 5. The van der Waals surface area contributed by atoms with Crippen molar-refractivity contribution in [1.82, 2.24) is 4.98 Å². The van der Waals surface area contributed by atoms with E-state index < -0.39 is 0 Å². The first-order valence-electron chi connectivity index (χ1n) is 5.92. The van der Waals surface area contributed by atoms with Crippen molar-refractivity contribution in [3.05, 3.63) is 47.5 Å². The van der Waals surface area contributed by atoms with Crippen molar-refractivity contribution in [1.29, 1.82) is 0 Å². The first-order valence-corrected chi connectivity index (χ1v) is 6.30. The van der Waals surface area contributed by atoms with Crippen LogP contribution in [0.5, 0.6) is 11.6 Å². The fourth-order valence-corrected chi connectivity index (χ4v) is 1.65. The van der Waals surface area contributed by atoms with Crippen LogP contribution in [0, 0.1) is 0 Å². The van der Waals surface area contributed by atoms with Gasteiger partial charge in [-0.25, -0.2) is 0 Å². The summed E-state index contributed by atoms with van der Waals surface area (Å²) < 4.78 is 5.64. The van der Waals surface area contributed by atoms with Gasteiger partial charge < -0.3 is 10.1 Å². The topological polar surface area (TPSA) is 34.1 Å². The molecule has 0 aliphatic heterocycles. The third kappa shape index (κ3) is 3.64. The van der Waals surface area contributed by atoms with E-state index in [1.807, 2.05) is 30.3 Å². The fourth-order valence-electron chi connectivity index (χ4n) is 1.47. The Kier molecular flexibility index (Phi) is 4.42. The molecule has 0 atom stereocenters. The lowest BCUT2D eigenvalue weighted by Gasteiger charge is -2.07. The Morgan fingerprint density at radius 2 is 2.06 bits per heavy atom. The van der Waals surface area contributed by atoms with Crippen molar-refractivity contribution >= 4 is 17.4 Å². The Bertz CT molecular complexity index is 517. The molecule has 0 bridgehead atoms. The summed E-state index contributed by atoms with van der Waals surface area (Å²) in [6.45, 7) is 3.01. The highest BCUT2D eigenvalue weighted by Crippen LogP contribution is 2.23. The van der Waals surface area contributed by atoms with Crippen LogP contribution in [0.2, 0.25) is 5.02 Å². The zero-order chi connectivity index (χ0) is 12.8. The van der Waals surface area contributed by atoms with Gasteiger partial charge in [-0.1, -0.05) is 30.7 Å². The minimum atomic E-state index is 0.554. The molecule has 0 spiro atoms. The van der Waals surface area contributed by atoms with Crippen molar-refractivity contribution in [2.75, 3.05) is 11.9 Å². The van der Waals surface area contributed by atoms with Gasteiger partial charge >= 0.3 is 0 Å². The van der Waals surface area contributed by atoms with Gasteiger partial charge in [-0.2, -0.15) is 4.98 Å². The van der Waals surface area contributed by atoms with Crippen molar-refractivity contribution in [2.45, 2.75) is 13.3 Å². The van der Waals surface area contributed by atoms with E-state index in [2.05, 4.69) is 17.2 Å². The summed E-state index contributed by atoms with van der Waals surface area (Å²) in [5.41, 5.74) is 0. The van der Waals surface area contributed by atoms with Crippen molar-refractivity contribution in [2.24, 2.45) is 0 Å². The van der Waals surface area contributed by atoms with Gasteiger partial charge in [0.25, 0.3) is 0 Å². The number of nitrogens with one attached hydrogen (secondary N) is 1. The number of hydrogen-bond donors (Lipinski definition) is 1. The van der Waals surface area contributed by atoms with E-state index in [0.717, 1.165) is 18.8 Å². The molecule has 2 aromatic rings. The highest BCUT2D eigenvalue weighted by Gasteiger charge is 2.00. The minimum absolute atomic E-state index is 0.554. The normalized spacial score (nSPS) is 10.1. The molecule has 0 fully saturated rings. The van der Waals surface area contributed by atoms with E-state index in [0.29, 0.717) is 16.7 Å². The number of ether oxygens (including phenoxy) is 1. The Morgan fingerprint density at radius 1 is 1.22 bits per heavy atom. The van der Waals surface area contributed by atoms with E-state index in [1.165, 1.54) is 0 Å². The van der Waals surface area contributed by atoms with E-state index in [-0.39, 0.29) is 0 Å². The van der Waals surface area contributed by atoms with Crippen molar-refractivity contribution < 1.29 is 4.74 Å². The van der Waals surface area contributed by atoms with E-state index in [4.69, 9.17) is 16.3 Å². The quantitative estimate of drug-likeness (QED) is 0.870. The lowest BCUT2D eigenvalue weighted by molar-refractivity contribution is 0.463. The van der Waals surface area contributed by atoms with Crippen LogP contribution in [-0.4, -0.2) is 11.5 Å². The molecule has 94 valence electrons. The van der Waals surface area contributed by atoms with E-state index in [1.54, 1.807) is 12.1 Å². The van der Waals surface area contributed by atoms with Crippen LogP contribution < -0.4 is 10.1 Å². The molecule has 0 aliphatic carbocycles. The van der Waals surface area contributed by atoms with Crippen LogP contribution in [0.4, 0.5) is 5.82 Å². The SMILES string of the molecule is CCCNc1cccc(Oc2cccc(Cl)c2)n1. The second kappa shape index (κ2) is 6.26. The van der Waals surface area contributed by atoms with Gasteiger partial charge in [-0.3, -0.25) is 0 Å². The van der Waals surface area contributed by atoms with Crippen LogP contribution >= 0.6 is 11.6 Å². The average molecular weight is 263 g/mol. The van der Waals surface area contributed by atoms with Crippen molar-refractivity contribution in [3.8, 4) is 11.6 Å². The third-order valence-electron chi connectivity index (χ3n) is 2.30. The molecule has 18 heavy (non-hydrogen) atoms. The Balaban J connectivity index is 2.09. The number of nitrogens with zero attached hydrogens (tertiary/aromatic N) is 1. The zero-order valence-corrected chi connectivity index (χ0v) is 10.9. The second-order valence-corrected chi connectivity index (χ2v) is 4.28. The van der Waals surface area contributed by atoms with Gasteiger partial charge in [-0.15, -0.1) is 0 Å². The van der Waals surface area contributed by atoms with Gasteiger partial charge in [-0.05, 0) is 30.7 Å². The first kappa shape index (κ1) is 12.7. The molecule has 4 heteroatoms. The maximum absolute atomic E-state index is 5.90. The number of hydrogen-bond acceptors (Lipinski definition) is 3. The molecule has 3 nitrogen and oxygen atoms in total. The standard InChI is InChI=1S/C14H15ClN2O/c1-2-9-16-13-7-4-8-14(17-13)18-12-6-3-5-11(15)10-12/h3-8,10H,2,9H2,1H3,(H,16,17). The van der Waals surface area contributed by atoms with Gasteiger partial charge in [0.05, 0.1) is 0 Å². The molecule has 0 amide bonds. The largest absolute Gasteiger partial charge is 0.439 e. The molecule has 1 heterocycles. The summed E-state index contributed by atoms with van der Waals surface area (Å²) >= 11 is 5.90. The summed E-state index contributed by atoms with van der Waals surface area (Å²) in [7, 11) is 0. The Morgan fingerprint density at radius 3 is 2.83 bits per heavy atom. The molecular weight excluding hydrogens is 248 g/mol. The highest BCUT2D eigenvalue weighted by molar-refractivity contribution is 6.30. The van der Waals surface area contributed by atoms with Crippen LogP contribution in [0.3, 0.4) is 0 Å². The number of anilines is 1. The summed E-state index contributed by atoms with van der Waals surface area (Å²) in [6.07, 6.45) is 1.06. The lowest BCUT2D eigenvalue weighted by atomic mass is 10.3. The molecule has 2 rings (SSSR count). The second-order valence-electron chi connectivity index (χ2n) is 3.85. The maximum Gasteiger partial charge on any atom is 0.221 e. The summed E-state index contributed by atoms with van der Waals surface area (Å²) in [5.74, 6) is 2.05. The van der Waals surface area contributed by atoms with Gasteiger partial charge in [0.15, 0.2) is 0 Å². The molecule has 0 radical (unpaired) electrons. The van der Waals surface area contributed by atoms with Gasteiger partial charge in [0, 0.05) is 17.6 Å². The van der Waals surface area contributed by atoms with Crippen LogP contribution in [0.25, 0.3) is 0 Å². The molecule has 0 saturated carbocycles. The molecule has 1 N–H and O–H groups in total. The first-order chi connectivity index (χ1) is 8.78. The van der Waals surface area contributed by atoms with E-state index in [9.17, 15) is 0 Å². The molecular formula is C14H15ClN2O. The van der Waals surface area contributed by atoms with Crippen molar-refractivity contribution in [3.63, 3.8) is 0 Å². The molecule has 1 aromatic carbocycles. The third-order valence-corrected chi connectivity index (χ3v) is 2.53.